The molecule has 6 nitrogen and oxygen atoms in total. The number of nitrogens with zero attached hydrogens (tertiary/aromatic N) is 2. The molecule has 1 aliphatic heterocycles. The number of hydrogen-bond donors (Lipinski definition) is 2. The molecule has 0 bridgehead atoms. The minimum atomic E-state index is -0.669. The van der Waals surface area contributed by atoms with Crippen molar-refractivity contribution in [1.29, 1.82) is 0 Å². The van der Waals surface area contributed by atoms with Crippen molar-refractivity contribution in [2.24, 2.45) is 0 Å². The third-order valence-electron chi connectivity index (χ3n) is 1.96. The predicted molar refractivity (Wildman–Crippen MR) is 47.5 cm³/mol. The summed E-state index contributed by atoms with van der Waals surface area (Å²) in [5.41, 5.74) is 0.468. The normalized spacial score (nSPS) is 19.3. The Bertz CT molecular complexity index is 379. The van der Waals surface area contributed by atoms with Crippen molar-refractivity contribution in [3.8, 4) is 0 Å². The van der Waals surface area contributed by atoms with Gasteiger partial charge in [0.15, 0.2) is 12.1 Å². The van der Waals surface area contributed by atoms with Crippen LogP contribution in [0.1, 0.15) is 11.7 Å². The Hall–Kier alpha value is -1.82. The molecule has 2 N–H and O–H groups in total. The zero-order chi connectivity index (χ0) is 9.97. The molecule has 0 aliphatic carbocycles. The molecule has 72 valence electrons. The minimum Gasteiger partial charge on any atom is -0.356 e. The maximum Gasteiger partial charge on any atom is 0.218 e. The molecule has 0 radical (unpaired) electrons. The third-order valence-corrected chi connectivity index (χ3v) is 1.96. The van der Waals surface area contributed by atoms with Gasteiger partial charge in [-0.2, -0.15) is 0 Å². The fraction of sp³-hybridized carbons (Fsp3) is 0.250. The van der Waals surface area contributed by atoms with E-state index < -0.39 is 11.8 Å². The number of fused-ring (bicyclic) bond motifs is 1. The van der Waals surface area contributed by atoms with Crippen LogP contribution in [0.3, 0.4) is 0 Å². The highest BCUT2D eigenvalue weighted by Crippen LogP contribution is 2.20. The van der Waals surface area contributed by atoms with E-state index in [2.05, 4.69) is 20.6 Å². The summed E-state index contributed by atoms with van der Waals surface area (Å²) >= 11 is 0. The van der Waals surface area contributed by atoms with Crippen molar-refractivity contribution in [2.45, 2.75) is 6.04 Å². The quantitative estimate of drug-likeness (QED) is 0.474. The van der Waals surface area contributed by atoms with Crippen molar-refractivity contribution < 1.29 is 9.59 Å². The maximum atomic E-state index is 11.2. The number of carbonyl (C=O) groups is 2. The monoisotopic (exact) mass is 192 g/mol. The molecule has 0 aromatic carbocycles. The van der Waals surface area contributed by atoms with E-state index in [-0.39, 0.29) is 0 Å². The van der Waals surface area contributed by atoms with E-state index in [0.717, 1.165) is 0 Å². The molecule has 1 unspecified atom stereocenters. The predicted octanol–water partition coefficient (Wildman–Crippen LogP) is -0.742. The van der Waals surface area contributed by atoms with Gasteiger partial charge in [0.2, 0.25) is 5.78 Å². The van der Waals surface area contributed by atoms with Crippen LogP contribution in [0, 0.1) is 0 Å². The fourth-order valence-corrected chi connectivity index (χ4v) is 1.33. The van der Waals surface area contributed by atoms with Crippen LogP contribution >= 0.6 is 0 Å². The summed E-state index contributed by atoms with van der Waals surface area (Å²) in [6.07, 6.45) is 3.31. The van der Waals surface area contributed by atoms with E-state index >= 15 is 0 Å². The van der Waals surface area contributed by atoms with E-state index in [9.17, 15) is 9.59 Å². The minimum absolute atomic E-state index is 0.293. The van der Waals surface area contributed by atoms with Crippen LogP contribution in [0.15, 0.2) is 12.4 Å². The van der Waals surface area contributed by atoms with Crippen LogP contribution < -0.4 is 10.6 Å². The summed E-state index contributed by atoms with van der Waals surface area (Å²) < 4.78 is 0. The summed E-state index contributed by atoms with van der Waals surface area (Å²) in [5, 5.41) is 5.75. The van der Waals surface area contributed by atoms with Crippen LogP contribution in [-0.2, 0) is 9.59 Å². The molecule has 0 spiro atoms. The maximum absolute atomic E-state index is 11.2. The number of nitrogens with one attached hydrogen (secondary N) is 2. The number of ketones is 1. The molecule has 1 aromatic rings. The Morgan fingerprint density at radius 1 is 1.50 bits per heavy atom. The second kappa shape index (κ2) is 3.51. The molecule has 14 heavy (non-hydrogen) atoms. The first-order chi connectivity index (χ1) is 6.83. The molecular formula is C8H8N4O2. The molecule has 0 fully saturated rings. The Labute approximate surface area is 79.7 Å². The first-order valence-electron chi connectivity index (χ1n) is 4.10. The molecular weight excluding hydrogens is 184 g/mol. The van der Waals surface area contributed by atoms with Gasteiger partial charge in [-0.25, -0.2) is 4.98 Å². The molecule has 0 amide bonds. The van der Waals surface area contributed by atoms with Crippen molar-refractivity contribution in [3.05, 3.63) is 18.1 Å². The van der Waals surface area contributed by atoms with Gasteiger partial charge in [-0.05, 0) is 0 Å². The number of aromatic nitrogens is 2. The molecule has 0 saturated heterocycles. The number of rotatable bonds is 2. The second-order valence-electron chi connectivity index (χ2n) is 2.80. The summed E-state index contributed by atoms with van der Waals surface area (Å²) in [4.78, 5) is 29.6. The van der Waals surface area contributed by atoms with Gasteiger partial charge in [-0.15, -0.1) is 0 Å². The van der Waals surface area contributed by atoms with Gasteiger partial charge in [0.05, 0.1) is 6.67 Å². The largest absolute Gasteiger partial charge is 0.356 e. The summed E-state index contributed by atoms with van der Waals surface area (Å²) in [7, 11) is 0. The number of Topliss-reactive ketones (excluding diaryl/α,β-unsaturated/α-hetero) is 1. The molecule has 1 aliphatic rings. The van der Waals surface area contributed by atoms with Crippen molar-refractivity contribution >= 4 is 17.9 Å². The molecule has 1 atom stereocenters. The Kier molecular flexibility index (Phi) is 2.19. The van der Waals surface area contributed by atoms with E-state index in [1.807, 2.05) is 0 Å². The molecule has 2 heterocycles. The standard InChI is InChI=1S/C8H8N4O2/c13-3-5(14)6-7-8(12-4-11-6)10-2-1-9-7/h1-3,6,11H,4H2,(H,10,12). The first-order valence-corrected chi connectivity index (χ1v) is 4.10. The van der Waals surface area contributed by atoms with Gasteiger partial charge >= 0.3 is 0 Å². The van der Waals surface area contributed by atoms with Gasteiger partial charge < -0.3 is 5.32 Å². The van der Waals surface area contributed by atoms with E-state index in [0.29, 0.717) is 24.5 Å². The Morgan fingerprint density at radius 3 is 3.07 bits per heavy atom. The topological polar surface area (TPSA) is 84.0 Å². The first kappa shape index (κ1) is 8.76. The lowest BCUT2D eigenvalue weighted by Crippen LogP contribution is -2.38. The number of carbonyl (C=O) groups excluding carboxylic acids is 2. The lowest BCUT2D eigenvalue weighted by Gasteiger charge is -2.23. The van der Waals surface area contributed by atoms with Gasteiger partial charge in [0.25, 0.3) is 0 Å². The number of hydrogen-bond acceptors (Lipinski definition) is 6. The second-order valence-corrected chi connectivity index (χ2v) is 2.80. The lowest BCUT2D eigenvalue weighted by atomic mass is 10.1. The zero-order valence-electron chi connectivity index (χ0n) is 7.23. The van der Waals surface area contributed by atoms with E-state index in [1.165, 1.54) is 12.4 Å². The summed E-state index contributed by atoms with van der Waals surface area (Å²) in [6.45, 7) is 0.399. The zero-order valence-corrected chi connectivity index (χ0v) is 7.23. The molecule has 2 rings (SSSR count). The highest BCUT2D eigenvalue weighted by Gasteiger charge is 2.27. The Morgan fingerprint density at radius 2 is 2.29 bits per heavy atom. The average molecular weight is 192 g/mol. The SMILES string of the molecule is O=CC(=O)C1NCNc2nccnc21. The summed E-state index contributed by atoms with van der Waals surface area (Å²) in [6, 6.07) is -0.669. The van der Waals surface area contributed by atoms with Crippen LogP contribution in [0.4, 0.5) is 5.82 Å². The van der Waals surface area contributed by atoms with E-state index in [1.54, 1.807) is 0 Å². The molecule has 0 saturated carbocycles. The summed E-state index contributed by atoms with van der Waals surface area (Å²) in [5.74, 6) is 0.0136. The van der Waals surface area contributed by atoms with Crippen LogP contribution in [0.25, 0.3) is 0 Å². The molecule has 6 heteroatoms. The van der Waals surface area contributed by atoms with Gasteiger partial charge in [0.1, 0.15) is 11.7 Å². The van der Waals surface area contributed by atoms with Crippen molar-refractivity contribution in [1.82, 2.24) is 15.3 Å². The third kappa shape index (κ3) is 1.35. The van der Waals surface area contributed by atoms with Gasteiger partial charge in [0, 0.05) is 12.4 Å². The lowest BCUT2D eigenvalue weighted by molar-refractivity contribution is -0.131. The molecule has 1 aromatic heterocycles. The van der Waals surface area contributed by atoms with E-state index in [4.69, 9.17) is 0 Å². The van der Waals surface area contributed by atoms with Crippen molar-refractivity contribution in [3.63, 3.8) is 0 Å². The van der Waals surface area contributed by atoms with Gasteiger partial charge in [-0.3, -0.25) is 19.9 Å². The van der Waals surface area contributed by atoms with Crippen LogP contribution in [-0.4, -0.2) is 28.7 Å². The van der Waals surface area contributed by atoms with Crippen LogP contribution in [0.5, 0.6) is 0 Å². The number of anilines is 1. The number of aldehydes is 1. The highest BCUT2D eigenvalue weighted by atomic mass is 16.2. The average Bonchev–Trinajstić information content (AvgIpc) is 2.27. The van der Waals surface area contributed by atoms with Crippen molar-refractivity contribution in [2.75, 3.05) is 12.0 Å². The Balaban J connectivity index is 2.40. The fourth-order valence-electron chi connectivity index (χ4n) is 1.33. The smallest absolute Gasteiger partial charge is 0.218 e. The van der Waals surface area contributed by atoms with Gasteiger partial charge in [-0.1, -0.05) is 0 Å². The highest BCUT2D eigenvalue weighted by molar-refractivity contribution is 6.27. The van der Waals surface area contributed by atoms with Crippen LogP contribution in [0.2, 0.25) is 0 Å².